The third-order valence-corrected chi connectivity index (χ3v) is 3.15. The fourth-order valence-corrected chi connectivity index (χ4v) is 2.46. The number of halogens is 1. The molecule has 0 aromatic heterocycles. The summed E-state index contributed by atoms with van der Waals surface area (Å²) >= 11 is 0. The number of aryl methyl sites for hydroxylation is 2. The first-order valence-corrected chi connectivity index (χ1v) is 5.08. The zero-order valence-electron chi connectivity index (χ0n) is 8.51. The standard InChI is InChI=1S/C13H11FO/c1-15-12-7-3-8-2-6-11(14)9-4-5-10(12)13(8)9/h2-3,6-7H,4-5H2,1H3. The van der Waals surface area contributed by atoms with E-state index in [9.17, 15) is 4.39 Å². The normalized spacial score (nSPS) is 13.5. The topological polar surface area (TPSA) is 9.23 Å². The van der Waals surface area contributed by atoms with Gasteiger partial charge in [0.05, 0.1) is 7.11 Å². The van der Waals surface area contributed by atoms with Crippen molar-refractivity contribution < 1.29 is 9.13 Å². The fourth-order valence-electron chi connectivity index (χ4n) is 2.46. The van der Waals surface area contributed by atoms with Crippen LogP contribution < -0.4 is 4.74 Å². The molecule has 2 aromatic rings. The number of hydrogen-bond acceptors (Lipinski definition) is 1. The minimum atomic E-state index is -0.0884. The van der Waals surface area contributed by atoms with Crippen LogP contribution in [0.2, 0.25) is 0 Å². The van der Waals surface area contributed by atoms with E-state index >= 15 is 0 Å². The van der Waals surface area contributed by atoms with Crippen LogP contribution in [0.1, 0.15) is 11.1 Å². The van der Waals surface area contributed by atoms with Crippen LogP contribution in [0.15, 0.2) is 24.3 Å². The molecule has 3 rings (SSSR count). The van der Waals surface area contributed by atoms with Gasteiger partial charge in [-0.25, -0.2) is 4.39 Å². The van der Waals surface area contributed by atoms with Gasteiger partial charge in [0, 0.05) is 5.56 Å². The molecule has 0 heterocycles. The van der Waals surface area contributed by atoms with E-state index in [4.69, 9.17) is 4.74 Å². The SMILES string of the molecule is COc1ccc2ccc(F)c3c2c1CC3. The molecule has 15 heavy (non-hydrogen) atoms. The summed E-state index contributed by atoms with van der Waals surface area (Å²) in [6.45, 7) is 0. The van der Waals surface area contributed by atoms with Crippen molar-refractivity contribution in [2.24, 2.45) is 0 Å². The Bertz CT molecular complexity index is 546. The number of methoxy groups -OCH3 is 1. The maximum absolute atomic E-state index is 13.5. The van der Waals surface area contributed by atoms with Crippen LogP contribution in [0.25, 0.3) is 10.8 Å². The molecule has 76 valence electrons. The van der Waals surface area contributed by atoms with Gasteiger partial charge in [0.15, 0.2) is 0 Å². The predicted molar refractivity (Wildman–Crippen MR) is 57.9 cm³/mol. The van der Waals surface area contributed by atoms with Crippen molar-refractivity contribution in [2.75, 3.05) is 7.11 Å². The van der Waals surface area contributed by atoms with Crippen molar-refractivity contribution in [2.45, 2.75) is 12.8 Å². The van der Waals surface area contributed by atoms with Crippen molar-refractivity contribution in [3.8, 4) is 5.75 Å². The summed E-state index contributed by atoms with van der Waals surface area (Å²) in [5, 5.41) is 2.18. The first-order valence-electron chi connectivity index (χ1n) is 5.08. The van der Waals surface area contributed by atoms with Crippen molar-refractivity contribution >= 4 is 10.8 Å². The van der Waals surface area contributed by atoms with Crippen LogP contribution >= 0.6 is 0 Å². The highest BCUT2D eigenvalue weighted by Gasteiger charge is 2.20. The largest absolute Gasteiger partial charge is 0.496 e. The zero-order chi connectivity index (χ0) is 10.4. The lowest BCUT2D eigenvalue weighted by molar-refractivity contribution is 0.411. The van der Waals surface area contributed by atoms with Gasteiger partial charge < -0.3 is 4.74 Å². The second-order valence-electron chi connectivity index (χ2n) is 3.87. The minimum Gasteiger partial charge on any atom is -0.496 e. The molecular weight excluding hydrogens is 191 g/mol. The van der Waals surface area contributed by atoms with Gasteiger partial charge in [-0.1, -0.05) is 12.1 Å². The predicted octanol–water partition coefficient (Wildman–Crippen LogP) is 3.09. The summed E-state index contributed by atoms with van der Waals surface area (Å²) in [4.78, 5) is 0. The third-order valence-electron chi connectivity index (χ3n) is 3.15. The number of ether oxygens (including phenoxy) is 1. The quantitative estimate of drug-likeness (QED) is 0.690. The van der Waals surface area contributed by atoms with E-state index in [0.717, 1.165) is 40.5 Å². The van der Waals surface area contributed by atoms with Crippen LogP contribution in [0, 0.1) is 5.82 Å². The van der Waals surface area contributed by atoms with E-state index in [1.165, 1.54) is 0 Å². The molecule has 0 N–H and O–H groups in total. The maximum Gasteiger partial charge on any atom is 0.127 e. The molecule has 2 aromatic carbocycles. The molecule has 0 aliphatic heterocycles. The summed E-state index contributed by atoms with van der Waals surface area (Å²) in [6, 6.07) is 7.35. The summed E-state index contributed by atoms with van der Waals surface area (Å²) in [5.74, 6) is 0.793. The lowest BCUT2D eigenvalue weighted by atomic mass is 10.0. The molecule has 0 radical (unpaired) electrons. The van der Waals surface area contributed by atoms with E-state index in [0.29, 0.717) is 0 Å². The summed E-state index contributed by atoms with van der Waals surface area (Å²) in [6.07, 6.45) is 1.68. The molecule has 0 spiro atoms. The summed E-state index contributed by atoms with van der Waals surface area (Å²) < 4.78 is 18.8. The van der Waals surface area contributed by atoms with Gasteiger partial charge in [0.1, 0.15) is 11.6 Å². The highest BCUT2D eigenvalue weighted by Crippen LogP contribution is 2.37. The molecule has 0 unspecified atom stereocenters. The van der Waals surface area contributed by atoms with Gasteiger partial charge in [-0.05, 0) is 41.3 Å². The lowest BCUT2D eigenvalue weighted by Gasteiger charge is -2.07. The van der Waals surface area contributed by atoms with E-state index in [-0.39, 0.29) is 5.82 Å². The van der Waals surface area contributed by atoms with Crippen molar-refractivity contribution in [3.05, 3.63) is 41.2 Å². The molecule has 0 saturated heterocycles. The monoisotopic (exact) mass is 202 g/mol. The van der Waals surface area contributed by atoms with E-state index < -0.39 is 0 Å². The van der Waals surface area contributed by atoms with Crippen molar-refractivity contribution in [1.29, 1.82) is 0 Å². The molecule has 0 amide bonds. The first-order chi connectivity index (χ1) is 7.31. The van der Waals surface area contributed by atoms with Crippen LogP contribution in [-0.4, -0.2) is 7.11 Å². The van der Waals surface area contributed by atoms with Gasteiger partial charge >= 0.3 is 0 Å². The third kappa shape index (κ3) is 1.08. The number of benzene rings is 2. The molecule has 0 atom stereocenters. The van der Waals surface area contributed by atoms with Crippen LogP contribution in [0.3, 0.4) is 0 Å². The Morgan fingerprint density at radius 3 is 2.60 bits per heavy atom. The fraction of sp³-hybridized carbons (Fsp3) is 0.231. The van der Waals surface area contributed by atoms with Crippen LogP contribution in [0.4, 0.5) is 4.39 Å². The highest BCUT2D eigenvalue weighted by atomic mass is 19.1. The maximum atomic E-state index is 13.5. The highest BCUT2D eigenvalue weighted by molar-refractivity contribution is 5.92. The molecule has 0 saturated carbocycles. The van der Waals surface area contributed by atoms with E-state index in [1.807, 2.05) is 18.2 Å². The number of rotatable bonds is 1. The van der Waals surface area contributed by atoms with Crippen molar-refractivity contribution in [3.63, 3.8) is 0 Å². The van der Waals surface area contributed by atoms with Crippen LogP contribution in [0.5, 0.6) is 5.75 Å². The smallest absolute Gasteiger partial charge is 0.127 e. The molecule has 1 aliphatic carbocycles. The first kappa shape index (κ1) is 8.72. The van der Waals surface area contributed by atoms with Crippen molar-refractivity contribution in [1.82, 2.24) is 0 Å². The average molecular weight is 202 g/mol. The van der Waals surface area contributed by atoms with Gasteiger partial charge in [0.25, 0.3) is 0 Å². The molecule has 2 heteroatoms. The summed E-state index contributed by atoms with van der Waals surface area (Å²) in [7, 11) is 1.66. The lowest BCUT2D eigenvalue weighted by Crippen LogP contribution is -1.89. The van der Waals surface area contributed by atoms with E-state index in [2.05, 4.69) is 0 Å². The molecule has 1 aliphatic rings. The second kappa shape index (κ2) is 2.96. The Hall–Kier alpha value is -1.57. The molecular formula is C13H11FO. The second-order valence-corrected chi connectivity index (χ2v) is 3.87. The minimum absolute atomic E-state index is 0.0884. The Labute approximate surface area is 87.5 Å². The zero-order valence-corrected chi connectivity index (χ0v) is 8.51. The van der Waals surface area contributed by atoms with Gasteiger partial charge in [0.2, 0.25) is 0 Å². The van der Waals surface area contributed by atoms with Gasteiger partial charge in [-0.15, -0.1) is 0 Å². The average Bonchev–Trinajstić information content (AvgIpc) is 2.70. The Balaban J connectivity index is 2.46. The molecule has 0 fully saturated rings. The Kier molecular flexibility index (Phi) is 1.72. The molecule has 1 nitrogen and oxygen atoms in total. The Morgan fingerprint density at radius 1 is 1.07 bits per heavy atom. The summed E-state index contributed by atoms with van der Waals surface area (Å²) in [5.41, 5.74) is 2.01. The van der Waals surface area contributed by atoms with Gasteiger partial charge in [-0.2, -0.15) is 0 Å². The molecule has 0 bridgehead atoms. The van der Waals surface area contributed by atoms with E-state index in [1.54, 1.807) is 13.2 Å². The number of hydrogen-bond donors (Lipinski definition) is 0. The van der Waals surface area contributed by atoms with Crippen LogP contribution in [-0.2, 0) is 12.8 Å². The van der Waals surface area contributed by atoms with Gasteiger partial charge in [-0.3, -0.25) is 0 Å². The Morgan fingerprint density at radius 2 is 1.80 bits per heavy atom.